The number of carbonyl (C=O) groups is 1. The number of nitrogens with zero attached hydrogens (tertiary/aromatic N) is 4. The highest BCUT2D eigenvalue weighted by Gasteiger charge is 2.36. The Kier molecular flexibility index (Phi) is 3.93. The first-order valence-corrected chi connectivity index (χ1v) is 9.39. The van der Waals surface area contributed by atoms with Gasteiger partial charge in [0.25, 0.3) is 0 Å². The average molecular weight is 330 g/mol. The molecule has 2 aliphatic rings. The second kappa shape index (κ2) is 6.07. The molecule has 0 spiro atoms. The van der Waals surface area contributed by atoms with E-state index in [0.717, 1.165) is 54.4 Å². The summed E-state index contributed by atoms with van der Waals surface area (Å²) in [6.45, 7) is 4.72. The van der Waals surface area contributed by atoms with Crippen LogP contribution in [0.15, 0.2) is 17.8 Å². The predicted octanol–water partition coefficient (Wildman–Crippen LogP) is 2.92. The molecular weight excluding hydrogens is 308 g/mol. The van der Waals surface area contributed by atoms with Gasteiger partial charge in [-0.2, -0.15) is 0 Å². The second-order valence-corrected chi connectivity index (χ2v) is 7.40. The van der Waals surface area contributed by atoms with Crippen molar-refractivity contribution in [1.82, 2.24) is 14.9 Å². The van der Waals surface area contributed by atoms with Crippen molar-refractivity contribution >= 4 is 33.3 Å². The minimum Gasteiger partial charge on any atom is -0.344 e. The van der Waals surface area contributed by atoms with E-state index in [-0.39, 0.29) is 11.9 Å². The largest absolute Gasteiger partial charge is 0.344 e. The Morgan fingerprint density at radius 1 is 1.39 bits per heavy atom. The first-order chi connectivity index (χ1) is 11.3. The van der Waals surface area contributed by atoms with Gasteiger partial charge in [0.1, 0.15) is 23.0 Å². The maximum absolute atomic E-state index is 13.0. The molecule has 2 aromatic heterocycles. The monoisotopic (exact) mass is 330 g/mol. The van der Waals surface area contributed by atoms with E-state index < -0.39 is 0 Å². The molecule has 122 valence electrons. The minimum absolute atomic E-state index is 0.0632. The summed E-state index contributed by atoms with van der Waals surface area (Å²) in [7, 11) is 0. The third-order valence-electron chi connectivity index (χ3n) is 4.92. The third kappa shape index (κ3) is 2.80. The number of fused-ring (bicyclic) bond motifs is 1. The van der Waals surface area contributed by atoms with Gasteiger partial charge in [-0.15, -0.1) is 11.3 Å². The molecule has 0 aromatic carbocycles. The van der Waals surface area contributed by atoms with Gasteiger partial charge < -0.3 is 9.80 Å². The molecule has 1 aliphatic heterocycles. The van der Waals surface area contributed by atoms with Crippen LogP contribution in [0.4, 0.5) is 5.82 Å². The molecular formula is C17H22N4OS. The molecule has 0 unspecified atom stereocenters. The lowest BCUT2D eigenvalue weighted by Crippen LogP contribution is -2.46. The Labute approximate surface area is 140 Å². The molecule has 2 fully saturated rings. The molecule has 2 aromatic rings. The highest BCUT2D eigenvalue weighted by atomic mass is 32.1. The van der Waals surface area contributed by atoms with Crippen LogP contribution in [0.1, 0.15) is 32.6 Å². The zero-order valence-corrected chi connectivity index (χ0v) is 14.3. The first kappa shape index (κ1) is 14.9. The van der Waals surface area contributed by atoms with E-state index in [9.17, 15) is 4.79 Å². The Hall–Kier alpha value is -1.69. The molecule has 0 bridgehead atoms. The summed E-state index contributed by atoms with van der Waals surface area (Å²) in [5, 5.41) is 3.11. The fourth-order valence-corrected chi connectivity index (χ4v) is 4.21. The summed E-state index contributed by atoms with van der Waals surface area (Å²) in [4.78, 5) is 27.1. The summed E-state index contributed by atoms with van der Waals surface area (Å²) in [6, 6.07) is 2.00. The van der Waals surface area contributed by atoms with Crippen LogP contribution in [0.3, 0.4) is 0 Å². The maximum atomic E-state index is 13.0. The topological polar surface area (TPSA) is 49.3 Å². The van der Waals surface area contributed by atoms with Crippen LogP contribution in [0.2, 0.25) is 0 Å². The Morgan fingerprint density at radius 2 is 2.26 bits per heavy atom. The summed E-state index contributed by atoms with van der Waals surface area (Å²) >= 11 is 1.62. The molecule has 1 atom stereocenters. The highest BCUT2D eigenvalue weighted by Crippen LogP contribution is 2.34. The fraction of sp³-hybridized carbons (Fsp3) is 0.588. The van der Waals surface area contributed by atoms with Crippen molar-refractivity contribution in [3.63, 3.8) is 0 Å². The van der Waals surface area contributed by atoms with Crippen molar-refractivity contribution < 1.29 is 4.79 Å². The van der Waals surface area contributed by atoms with Crippen molar-refractivity contribution in [2.45, 2.75) is 38.6 Å². The second-order valence-electron chi connectivity index (χ2n) is 6.51. The van der Waals surface area contributed by atoms with E-state index in [2.05, 4.69) is 27.9 Å². The van der Waals surface area contributed by atoms with Gasteiger partial charge >= 0.3 is 0 Å². The normalized spacial score (nSPS) is 21.1. The number of thiophene rings is 1. The summed E-state index contributed by atoms with van der Waals surface area (Å²) < 4.78 is 0. The minimum atomic E-state index is -0.0632. The van der Waals surface area contributed by atoms with Crippen LogP contribution in [-0.2, 0) is 4.79 Å². The predicted molar refractivity (Wildman–Crippen MR) is 92.8 cm³/mol. The SMILES string of the molecule is CCN(CC1CC1)C(=O)[C@@H]1CCCN1c1ncnc2sccc12. The van der Waals surface area contributed by atoms with Gasteiger partial charge in [-0.3, -0.25) is 4.79 Å². The lowest BCUT2D eigenvalue weighted by Gasteiger charge is -2.30. The fourth-order valence-electron chi connectivity index (χ4n) is 3.48. The van der Waals surface area contributed by atoms with E-state index in [4.69, 9.17) is 0 Å². The lowest BCUT2D eigenvalue weighted by molar-refractivity contribution is -0.132. The van der Waals surface area contributed by atoms with Crippen molar-refractivity contribution in [3.05, 3.63) is 17.8 Å². The van der Waals surface area contributed by atoms with Gasteiger partial charge in [-0.25, -0.2) is 9.97 Å². The maximum Gasteiger partial charge on any atom is 0.245 e. The number of likely N-dealkylation sites (N-methyl/N-ethyl adjacent to an activating group) is 1. The van der Waals surface area contributed by atoms with E-state index in [0.29, 0.717) is 0 Å². The molecule has 0 N–H and O–H groups in total. The molecule has 1 amide bonds. The quantitative estimate of drug-likeness (QED) is 0.846. The molecule has 1 saturated heterocycles. The van der Waals surface area contributed by atoms with Crippen molar-refractivity contribution in [3.8, 4) is 0 Å². The first-order valence-electron chi connectivity index (χ1n) is 8.51. The van der Waals surface area contributed by atoms with Gasteiger partial charge in [0.05, 0.1) is 5.39 Å². The molecule has 1 saturated carbocycles. The zero-order chi connectivity index (χ0) is 15.8. The molecule has 3 heterocycles. The van der Waals surface area contributed by atoms with E-state index in [1.54, 1.807) is 17.7 Å². The molecule has 1 aliphatic carbocycles. The van der Waals surface area contributed by atoms with Crippen molar-refractivity contribution in [2.24, 2.45) is 5.92 Å². The third-order valence-corrected chi connectivity index (χ3v) is 5.74. The number of anilines is 1. The van der Waals surface area contributed by atoms with E-state index in [1.165, 1.54) is 12.8 Å². The van der Waals surface area contributed by atoms with Crippen LogP contribution < -0.4 is 4.90 Å². The van der Waals surface area contributed by atoms with Gasteiger partial charge in [0.15, 0.2) is 0 Å². The highest BCUT2D eigenvalue weighted by molar-refractivity contribution is 7.16. The van der Waals surface area contributed by atoms with Crippen LogP contribution in [0, 0.1) is 5.92 Å². The van der Waals surface area contributed by atoms with Gasteiger partial charge in [-0.1, -0.05) is 0 Å². The number of carbonyl (C=O) groups excluding carboxylic acids is 1. The Morgan fingerprint density at radius 3 is 3.04 bits per heavy atom. The number of amides is 1. The summed E-state index contributed by atoms with van der Waals surface area (Å²) in [6.07, 6.45) is 6.15. The molecule has 4 rings (SSSR count). The molecule has 5 nitrogen and oxygen atoms in total. The van der Waals surface area contributed by atoms with Crippen LogP contribution >= 0.6 is 11.3 Å². The molecule has 0 radical (unpaired) electrons. The lowest BCUT2D eigenvalue weighted by atomic mass is 10.1. The molecule has 6 heteroatoms. The van der Waals surface area contributed by atoms with Crippen LogP contribution in [0.5, 0.6) is 0 Å². The Balaban J connectivity index is 1.60. The number of rotatable bonds is 5. The number of hydrogen-bond acceptors (Lipinski definition) is 5. The average Bonchev–Trinajstić information content (AvgIpc) is 3.06. The number of aromatic nitrogens is 2. The summed E-state index contributed by atoms with van der Waals surface area (Å²) in [5.74, 6) is 1.94. The standard InChI is InChI=1S/C17H22N4OS/c1-2-20(10-12-5-6-12)17(22)14-4-3-8-21(14)15-13-7-9-23-16(13)19-11-18-15/h7,9,11-12,14H,2-6,8,10H2,1H3/t14-/m0/s1. The number of hydrogen-bond donors (Lipinski definition) is 0. The van der Waals surface area contributed by atoms with Crippen LogP contribution in [0.25, 0.3) is 10.2 Å². The summed E-state index contributed by atoms with van der Waals surface area (Å²) in [5.41, 5.74) is 0. The molecule has 23 heavy (non-hydrogen) atoms. The van der Waals surface area contributed by atoms with Crippen molar-refractivity contribution in [1.29, 1.82) is 0 Å². The Bertz CT molecular complexity index is 711. The van der Waals surface area contributed by atoms with Gasteiger partial charge in [0.2, 0.25) is 5.91 Å². The smallest absolute Gasteiger partial charge is 0.245 e. The van der Waals surface area contributed by atoms with E-state index in [1.807, 2.05) is 10.3 Å². The van der Waals surface area contributed by atoms with E-state index >= 15 is 0 Å². The van der Waals surface area contributed by atoms with Crippen molar-refractivity contribution in [2.75, 3.05) is 24.5 Å². The van der Waals surface area contributed by atoms with Crippen LogP contribution in [-0.4, -0.2) is 46.5 Å². The van der Waals surface area contributed by atoms with Gasteiger partial charge in [0, 0.05) is 19.6 Å². The zero-order valence-electron chi connectivity index (χ0n) is 13.4. The van der Waals surface area contributed by atoms with Gasteiger partial charge in [-0.05, 0) is 50.0 Å².